The van der Waals surface area contributed by atoms with Crippen molar-refractivity contribution in [3.8, 4) is 0 Å². The maximum atomic E-state index is 13.6. The standard InChI is InChI=1S/C27H26N2O2/c1-18-14-15-24-22(16-18)17-29(23-12-8-5-9-13-23)19(2)25(24)27(31)28-26(20(3)30)21-10-6-4-7-11-21/h4-16,26H,17H2,1-3H3,(H,28,31)/t26-/m1/s1. The maximum absolute atomic E-state index is 13.6. The molecule has 3 aromatic rings. The second-order valence-corrected chi connectivity index (χ2v) is 7.97. The van der Waals surface area contributed by atoms with Gasteiger partial charge in [0.05, 0.1) is 5.57 Å². The molecule has 3 aromatic carbocycles. The van der Waals surface area contributed by atoms with E-state index in [0.29, 0.717) is 12.1 Å². The molecule has 1 aliphatic heterocycles. The first-order chi connectivity index (χ1) is 15.0. The minimum absolute atomic E-state index is 0.0994. The fraction of sp³-hybridized carbons (Fsp3) is 0.185. The third kappa shape index (κ3) is 4.15. The maximum Gasteiger partial charge on any atom is 0.254 e. The first-order valence-corrected chi connectivity index (χ1v) is 10.5. The molecule has 4 nitrogen and oxygen atoms in total. The van der Waals surface area contributed by atoms with Crippen LogP contribution in [0.15, 0.2) is 84.6 Å². The zero-order valence-electron chi connectivity index (χ0n) is 18.1. The van der Waals surface area contributed by atoms with Crippen molar-refractivity contribution < 1.29 is 9.59 Å². The molecular weight excluding hydrogens is 384 g/mol. The van der Waals surface area contributed by atoms with Crippen LogP contribution in [-0.4, -0.2) is 11.7 Å². The van der Waals surface area contributed by atoms with Crippen molar-refractivity contribution in [3.63, 3.8) is 0 Å². The summed E-state index contributed by atoms with van der Waals surface area (Å²) in [5.41, 5.74) is 6.45. The molecule has 0 aliphatic carbocycles. The summed E-state index contributed by atoms with van der Waals surface area (Å²) in [7, 11) is 0. The molecule has 156 valence electrons. The minimum atomic E-state index is -0.685. The monoisotopic (exact) mass is 410 g/mol. The third-order valence-corrected chi connectivity index (χ3v) is 5.74. The van der Waals surface area contributed by atoms with E-state index in [-0.39, 0.29) is 11.7 Å². The van der Waals surface area contributed by atoms with Crippen molar-refractivity contribution in [3.05, 3.63) is 107 Å². The smallest absolute Gasteiger partial charge is 0.254 e. The van der Waals surface area contributed by atoms with Crippen molar-refractivity contribution in [2.24, 2.45) is 0 Å². The van der Waals surface area contributed by atoms with Crippen molar-refractivity contribution in [2.45, 2.75) is 33.4 Å². The van der Waals surface area contributed by atoms with Gasteiger partial charge >= 0.3 is 0 Å². The van der Waals surface area contributed by atoms with Gasteiger partial charge in [-0.1, -0.05) is 72.3 Å². The number of ketones is 1. The lowest BCUT2D eigenvalue weighted by molar-refractivity contribution is -0.124. The summed E-state index contributed by atoms with van der Waals surface area (Å²) in [6.45, 7) is 6.22. The first-order valence-electron chi connectivity index (χ1n) is 10.5. The lowest BCUT2D eigenvalue weighted by atomic mass is 9.91. The van der Waals surface area contributed by atoms with Crippen LogP contribution in [0.2, 0.25) is 0 Å². The number of amides is 1. The van der Waals surface area contributed by atoms with Crippen LogP contribution in [0.4, 0.5) is 5.69 Å². The largest absolute Gasteiger partial charge is 0.340 e. The van der Waals surface area contributed by atoms with Crippen molar-refractivity contribution in [2.75, 3.05) is 4.90 Å². The van der Waals surface area contributed by atoms with Gasteiger partial charge in [-0.25, -0.2) is 0 Å². The number of fused-ring (bicyclic) bond motifs is 1. The average molecular weight is 411 g/mol. The molecule has 0 aromatic heterocycles. The Labute approximate surface area is 183 Å². The molecule has 0 radical (unpaired) electrons. The fourth-order valence-electron chi connectivity index (χ4n) is 4.16. The number of hydrogen-bond donors (Lipinski definition) is 1. The van der Waals surface area contributed by atoms with Crippen LogP contribution < -0.4 is 10.2 Å². The zero-order chi connectivity index (χ0) is 22.0. The molecular formula is C27H26N2O2. The van der Waals surface area contributed by atoms with E-state index in [2.05, 4.69) is 23.2 Å². The number of rotatable bonds is 5. The second kappa shape index (κ2) is 8.60. The van der Waals surface area contributed by atoms with E-state index in [1.807, 2.05) is 79.7 Å². The van der Waals surface area contributed by atoms with Gasteiger partial charge in [0.1, 0.15) is 6.04 Å². The highest BCUT2D eigenvalue weighted by Gasteiger charge is 2.30. The quantitative estimate of drug-likeness (QED) is 0.630. The minimum Gasteiger partial charge on any atom is -0.340 e. The molecule has 31 heavy (non-hydrogen) atoms. The number of benzene rings is 3. The Bertz CT molecular complexity index is 1150. The second-order valence-electron chi connectivity index (χ2n) is 7.97. The van der Waals surface area contributed by atoms with E-state index in [9.17, 15) is 9.59 Å². The van der Waals surface area contributed by atoms with E-state index in [4.69, 9.17) is 0 Å². The Morgan fingerprint density at radius 1 is 0.903 bits per heavy atom. The summed E-state index contributed by atoms with van der Waals surface area (Å²) in [4.78, 5) is 28.1. The van der Waals surface area contributed by atoms with E-state index in [1.54, 1.807) is 0 Å². The first kappa shape index (κ1) is 20.6. The number of carbonyl (C=O) groups is 2. The highest BCUT2D eigenvalue weighted by Crippen LogP contribution is 2.36. The third-order valence-electron chi connectivity index (χ3n) is 5.74. The number of aryl methyl sites for hydroxylation is 1. The highest BCUT2D eigenvalue weighted by molar-refractivity contribution is 6.22. The van der Waals surface area contributed by atoms with Crippen molar-refractivity contribution in [1.82, 2.24) is 5.32 Å². The summed E-state index contributed by atoms with van der Waals surface area (Å²) >= 11 is 0. The van der Waals surface area contributed by atoms with Crippen LogP contribution in [-0.2, 0) is 16.1 Å². The molecule has 0 fully saturated rings. The number of carbonyl (C=O) groups excluding carboxylic acids is 2. The van der Waals surface area contributed by atoms with Crippen LogP contribution in [0, 0.1) is 6.92 Å². The summed E-state index contributed by atoms with van der Waals surface area (Å²) < 4.78 is 0. The highest BCUT2D eigenvalue weighted by atomic mass is 16.2. The molecule has 1 atom stereocenters. The average Bonchev–Trinajstić information content (AvgIpc) is 2.78. The molecule has 4 heteroatoms. The predicted octanol–water partition coefficient (Wildman–Crippen LogP) is 5.19. The predicted molar refractivity (Wildman–Crippen MR) is 124 cm³/mol. The van der Waals surface area contributed by atoms with Crippen LogP contribution >= 0.6 is 0 Å². The number of nitrogens with one attached hydrogen (secondary N) is 1. The van der Waals surface area contributed by atoms with E-state index in [1.165, 1.54) is 6.92 Å². The molecule has 0 bridgehead atoms. The summed E-state index contributed by atoms with van der Waals surface area (Å²) in [5.74, 6) is -0.343. The SMILES string of the molecule is CC(=O)[C@@H](NC(=O)C1=C(C)N(c2ccccc2)Cc2cc(C)ccc21)c1ccccc1. The molecule has 1 amide bonds. The number of allylic oxidation sites excluding steroid dienone is 1. The van der Waals surface area contributed by atoms with E-state index in [0.717, 1.165) is 33.6 Å². The van der Waals surface area contributed by atoms with Gasteiger partial charge in [-0.2, -0.15) is 0 Å². The Balaban J connectivity index is 1.77. The van der Waals surface area contributed by atoms with Crippen LogP contribution in [0.3, 0.4) is 0 Å². The zero-order valence-corrected chi connectivity index (χ0v) is 18.1. The van der Waals surface area contributed by atoms with Gasteiger partial charge in [0.15, 0.2) is 5.78 Å². The number of nitrogens with zero attached hydrogens (tertiary/aromatic N) is 1. The lowest BCUT2D eigenvalue weighted by Gasteiger charge is -2.34. The molecule has 4 rings (SSSR count). The van der Waals surface area contributed by atoms with Gasteiger partial charge in [0, 0.05) is 17.9 Å². The molecule has 0 spiro atoms. The molecule has 1 aliphatic rings. The molecule has 0 saturated carbocycles. The number of anilines is 1. The summed E-state index contributed by atoms with van der Waals surface area (Å²) in [6, 6.07) is 24.9. The molecule has 1 N–H and O–H groups in total. The van der Waals surface area contributed by atoms with Crippen molar-refractivity contribution in [1.29, 1.82) is 0 Å². The Hall–Kier alpha value is -3.66. The summed E-state index contributed by atoms with van der Waals surface area (Å²) in [6.07, 6.45) is 0. The van der Waals surface area contributed by atoms with Crippen molar-refractivity contribution >= 4 is 23.0 Å². The Morgan fingerprint density at radius 3 is 2.19 bits per heavy atom. The molecule has 0 saturated heterocycles. The summed E-state index contributed by atoms with van der Waals surface area (Å²) in [5, 5.41) is 2.99. The van der Waals surface area contributed by atoms with Gasteiger partial charge in [-0.3, -0.25) is 9.59 Å². The molecule has 1 heterocycles. The Morgan fingerprint density at radius 2 is 1.55 bits per heavy atom. The number of para-hydroxylation sites is 1. The van der Waals surface area contributed by atoms with Gasteiger partial charge in [0.2, 0.25) is 0 Å². The topological polar surface area (TPSA) is 49.4 Å². The van der Waals surface area contributed by atoms with Crippen LogP contribution in [0.1, 0.15) is 42.1 Å². The fourth-order valence-corrected chi connectivity index (χ4v) is 4.16. The van der Waals surface area contributed by atoms with E-state index < -0.39 is 6.04 Å². The van der Waals surface area contributed by atoms with Gasteiger partial charge in [-0.15, -0.1) is 0 Å². The van der Waals surface area contributed by atoms with Gasteiger partial charge < -0.3 is 10.2 Å². The number of hydrogen-bond acceptors (Lipinski definition) is 3. The molecule has 0 unspecified atom stereocenters. The van der Waals surface area contributed by atoms with Gasteiger partial charge in [0.25, 0.3) is 5.91 Å². The van der Waals surface area contributed by atoms with E-state index >= 15 is 0 Å². The number of Topliss-reactive ketones (excluding diaryl/α,β-unsaturated/α-hetero) is 1. The Kier molecular flexibility index (Phi) is 5.72. The lowest BCUT2D eigenvalue weighted by Crippen LogP contribution is -2.37. The normalized spacial score (nSPS) is 14.1. The van der Waals surface area contributed by atoms with Crippen LogP contribution in [0.25, 0.3) is 5.57 Å². The van der Waals surface area contributed by atoms with Gasteiger partial charge in [-0.05, 0) is 49.6 Å². The van der Waals surface area contributed by atoms with Crippen LogP contribution in [0.5, 0.6) is 0 Å².